The lowest BCUT2D eigenvalue weighted by Crippen LogP contribution is -2.42. The number of halogens is 2. The predicted molar refractivity (Wildman–Crippen MR) is 99.5 cm³/mol. The third-order valence-electron chi connectivity index (χ3n) is 4.97. The third-order valence-corrected chi connectivity index (χ3v) is 4.97. The number of rotatable bonds is 2. The average Bonchev–Trinajstić information content (AvgIpc) is 2.68. The first kappa shape index (κ1) is 18.1. The number of benzene rings is 2. The lowest BCUT2D eigenvalue weighted by atomic mass is 10.0. The van der Waals surface area contributed by atoms with Crippen molar-refractivity contribution in [2.24, 2.45) is 0 Å². The fourth-order valence-corrected chi connectivity index (χ4v) is 3.35. The zero-order valence-corrected chi connectivity index (χ0v) is 14.8. The summed E-state index contributed by atoms with van der Waals surface area (Å²) in [5.41, 5.74) is 1.54. The number of phenolic OH excluding ortho intramolecular Hbond substituents is 1. The number of nitrogens with zero attached hydrogens (tertiary/aromatic N) is 2. The highest BCUT2D eigenvalue weighted by atomic mass is 19.3. The van der Waals surface area contributed by atoms with Crippen LogP contribution >= 0.6 is 0 Å². The molecule has 0 radical (unpaired) electrons. The Hall–Kier alpha value is -3.29. The van der Waals surface area contributed by atoms with E-state index in [1.807, 2.05) is 0 Å². The monoisotopic (exact) mass is 385 g/mol. The van der Waals surface area contributed by atoms with Crippen LogP contribution in [0.25, 0.3) is 22.0 Å². The molecule has 2 heterocycles. The van der Waals surface area contributed by atoms with Crippen LogP contribution in [0.15, 0.2) is 47.5 Å². The van der Waals surface area contributed by atoms with Gasteiger partial charge in [-0.2, -0.15) is 0 Å². The second-order valence-corrected chi connectivity index (χ2v) is 6.85. The van der Waals surface area contributed by atoms with E-state index in [9.17, 15) is 23.5 Å². The van der Waals surface area contributed by atoms with E-state index < -0.39 is 5.92 Å². The number of alkyl halides is 2. The van der Waals surface area contributed by atoms with Crippen LogP contribution in [0.4, 0.5) is 8.78 Å². The fraction of sp³-hybridized carbons (Fsp3) is 0.250. The lowest BCUT2D eigenvalue weighted by Gasteiger charge is -2.31. The number of carbonyl (C=O) groups is 1. The van der Waals surface area contributed by atoms with Gasteiger partial charge in [0.2, 0.25) is 0 Å². The number of aromatic nitrogens is 2. The summed E-state index contributed by atoms with van der Waals surface area (Å²) in [5, 5.41) is 10.4. The van der Waals surface area contributed by atoms with Gasteiger partial charge < -0.3 is 15.0 Å². The summed E-state index contributed by atoms with van der Waals surface area (Å²) >= 11 is 0. The van der Waals surface area contributed by atoms with E-state index in [1.54, 1.807) is 30.3 Å². The standard InChI is InChI=1S/C20H17F2N3O3/c21-20(22)5-7-25(8-6-20)19(28)13-3-1-12(2-4-13)14-9-15-17(16(26)10-14)23-11-24-18(15)27/h1-4,9-11,26H,5-8H2,(H,23,24,27). The number of H-pyrrole nitrogens is 1. The lowest BCUT2D eigenvalue weighted by molar-refractivity contribution is -0.0494. The first-order valence-corrected chi connectivity index (χ1v) is 8.82. The third kappa shape index (κ3) is 3.33. The molecule has 0 bridgehead atoms. The van der Waals surface area contributed by atoms with Crippen molar-refractivity contribution >= 4 is 16.8 Å². The number of fused-ring (bicyclic) bond motifs is 1. The molecule has 1 fully saturated rings. The summed E-state index contributed by atoms with van der Waals surface area (Å²) in [6, 6.07) is 9.72. The van der Waals surface area contributed by atoms with Gasteiger partial charge >= 0.3 is 0 Å². The number of likely N-dealkylation sites (tertiary alicyclic amines) is 1. The molecule has 3 aromatic rings. The number of aromatic hydroxyl groups is 1. The van der Waals surface area contributed by atoms with Crippen LogP contribution in [0.3, 0.4) is 0 Å². The van der Waals surface area contributed by atoms with E-state index in [-0.39, 0.29) is 54.1 Å². The molecule has 28 heavy (non-hydrogen) atoms. The van der Waals surface area contributed by atoms with Crippen LogP contribution in [-0.2, 0) is 0 Å². The Balaban J connectivity index is 1.60. The van der Waals surface area contributed by atoms with E-state index >= 15 is 0 Å². The first-order valence-electron chi connectivity index (χ1n) is 8.82. The van der Waals surface area contributed by atoms with Crippen molar-refractivity contribution in [3.63, 3.8) is 0 Å². The minimum absolute atomic E-state index is 0.0297. The summed E-state index contributed by atoms with van der Waals surface area (Å²) in [6.45, 7) is 0.0593. The molecule has 0 unspecified atom stereocenters. The number of aromatic amines is 1. The van der Waals surface area contributed by atoms with E-state index in [0.29, 0.717) is 16.7 Å². The van der Waals surface area contributed by atoms with Gasteiger partial charge in [-0.25, -0.2) is 13.8 Å². The van der Waals surface area contributed by atoms with Crippen molar-refractivity contribution in [3.05, 3.63) is 58.6 Å². The molecule has 1 aliphatic heterocycles. The molecule has 1 amide bonds. The van der Waals surface area contributed by atoms with Crippen LogP contribution < -0.4 is 5.56 Å². The molecular weight excluding hydrogens is 368 g/mol. The number of nitrogens with one attached hydrogen (secondary N) is 1. The Morgan fingerprint density at radius 3 is 2.46 bits per heavy atom. The van der Waals surface area contributed by atoms with Gasteiger partial charge in [0.05, 0.1) is 11.7 Å². The fourth-order valence-electron chi connectivity index (χ4n) is 3.35. The van der Waals surface area contributed by atoms with E-state index in [4.69, 9.17) is 0 Å². The number of hydrogen-bond acceptors (Lipinski definition) is 4. The second kappa shape index (κ2) is 6.70. The summed E-state index contributed by atoms with van der Waals surface area (Å²) in [7, 11) is 0. The van der Waals surface area contributed by atoms with Crippen LogP contribution in [0.5, 0.6) is 5.75 Å². The average molecular weight is 385 g/mol. The summed E-state index contributed by atoms with van der Waals surface area (Å²) < 4.78 is 26.5. The van der Waals surface area contributed by atoms with Crippen molar-refractivity contribution in [3.8, 4) is 16.9 Å². The normalized spacial score (nSPS) is 16.3. The van der Waals surface area contributed by atoms with Gasteiger partial charge in [-0.1, -0.05) is 12.1 Å². The molecular formula is C20H17F2N3O3. The molecule has 0 saturated carbocycles. The van der Waals surface area contributed by atoms with Crippen LogP contribution in [-0.4, -0.2) is 44.9 Å². The maximum absolute atomic E-state index is 13.3. The van der Waals surface area contributed by atoms with Crippen molar-refractivity contribution in [1.82, 2.24) is 14.9 Å². The van der Waals surface area contributed by atoms with Gasteiger partial charge in [0.25, 0.3) is 17.4 Å². The topological polar surface area (TPSA) is 86.3 Å². The Morgan fingerprint density at radius 1 is 1.11 bits per heavy atom. The van der Waals surface area contributed by atoms with Crippen molar-refractivity contribution in [1.29, 1.82) is 0 Å². The summed E-state index contributed by atoms with van der Waals surface area (Å²) in [5.74, 6) is -3.11. The van der Waals surface area contributed by atoms with E-state index in [0.717, 1.165) is 0 Å². The number of carbonyl (C=O) groups excluding carboxylic acids is 1. The Morgan fingerprint density at radius 2 is 1.79 bits per heavy atom. The largest absolute Gasteiger partial charge is 0.506 e. The molecule has 1 aliphatic rings. The van der Waals surface area contributed by atoms with Gasteiger partial charge in [0.15, 0.2) is 0 Å². The van der Waals surface area contributed by atoms with Crippen LogP contribution in [0, 0.1) is 0 Å². The minimum Gasteiger partial charge on any atom is -0.506 e. The summed E-state index contributed by atoms with van der Waals surface area (Å²) in [4.78, 5) is 32.3. The van der Waals surface area contributed by atoms with Crippen LogP contribution in [0.1, 0.15) is 23.2 Å². The van der Waals surface area contributed by atoms with E-state index in [2.05, 4.69) is 9.97 Å². The molecule has 0 spiro atoms. The number of amides is 1. The highest BCUT2D eigenvalue weighted by molar-refractivity contribution is 5.95. The van der Waals surface area contributed by atoms with Crippen molar-refractivity contribution in [2.75, 3.05) is 13.1 Å². The molecule has 1 aromatic heterocycles. The van der Waals surface area contributed by atoms with Gasteiger partial charge in [-0.05, 0) is 35.4 Å². The highest BCUT2D eigenvalue weighted by Crippen LogP contribution is 2.30. The molecule has 0 atom stereocenters. The second-order valence-electron chi connectivity index (χ2n) is 6.85. The zero-order valence-electron chi connectivity index (χ0n) is 14.8. The molecule has 0 aliphatic carbocycles. The maximum atomic E-state index is 13.3. The van der Waals surface area contributed by atoms with Crippen LogP contribution in [0.2, 0.25) is 0 Å². The van der Waals surface area contributed by atoms with Gasteiger partial charge in [-0.15, -0.1) is 0 Å². The molecule has 4 rings (SSSR count). The molecule has 1 saturated heterocycles. The molecule has 144 valence electrons. The Kier molecular flexibility index (Phi) is 4.33. The number of hydrogen-bond donors (Lipinski definition) is 2. The first-order chi connectivity index (χ1) is 13.3. The SMILES string of the molecule is O=C(c1ccc(-c2cc(O)c3nc[nH]c(=O)c3c2)cc1)N1CCC(F)(F)CC1. The Labute approximate surface area is 158 Å². The molecule has 8 heteroatoms. The van der Waals surface area contributed by atoms with E-state index in [1.165, 1.54) is 17.3 Å². The number of piperidine rings is 1. The Bertz CT molecular complexity index is 1100. The zero-order chi connectivity index (χ0) is 19.9. The quantitative estimate of drug-likeness (QED) is 0.710. The summed E-state index contributed by atoms with van der Waals surface area (Å²) in [6.07, 6.45) is 0.576. The molecule has 2 N–H and O–H groups in total. The molecule has 2 aromatic carbocycles. The van der Waals surface area contributed by atoms with Gasteiger partial charge in [0, 0.05) is 31.5 Å². The minimum atomic E-state index is -2.70. The van der Waals surface area contributed by atoms with Crippen molar-refractivity contribution < 1.29 is 18.7 Å². The van der Waals surface area contributed by atoms with Gasteiger partial charge in [-0.3, -0.25) is 9.59 Å². The highest BCUT2D eigenvalue weighted by Gasteiger charge is 2.35. The maximum Gasteiger partial charge on any atom is 0.258 e. The predicted octanol–water partition coefficient (Wildman–Crippen LogP) is 3.17. The van der Waals surface area contributed by atoms with Gasteiger partial charge in [0.1, 0.15) is 11.3 Å². The van der Waals surface area contributed by atoms with Crippen molar-refractivity contribution in [2.45, 2.75) is 18.8 Å². The smallest absolute Gasteiger partial charge is 0.258 e. The number of phenols is 1. The molecule has 6 nitrogen and oxygen atoms in total.